The molecule has 0 spiro atoms. The summed E-state index contributed by atoms with van der Waals surface area (Å²) in [6, 6.07) is 6.87. The lowest BCUT2D eigenvalue weighted by atomic mass is 10.0. The fraction of sp³-hybridized carbons (Fsp3) is 0.538. The van der Waals surface area contributed by atoms with Crippen molar-refractivity contribution in [3.8, 4) is 0 Å². The summed E-state index contributed by atoms with van der Waals surface area (Å²) in [7, 11) is 0. The van der Waals surface area contributed by atoms with Gasteiger partial charge in [-0.3, -0.25) is 0 Å². The Balaban J connectivity index is 2.24. The van der Waals surface area contributed by atoms with E-state index in [-0.39, 0.29) is 0 Å². The molecule has 1 nitrogen and oxygen atoms in total. The predicted octanol–water partition coefficient (Wildman–Crippen LogP) is 3.71. The molecule has 1 aliphatic rings. The third-order valence-electron chi connectivity index (χ3n) is 2.94. The van der Waals surface area contributed by atoms with Gasteiger partial charge in [-0.05, 0) is 55.5 Å². The highest BCUT2D eigenvalue weighted by molar-refractivity contribution is 6.30. The van der Waals surface area contributed by atoms with Crippen LogP contribution < -0.4 is 5.32 Å². The molecule has 1 atom stereocenters. The van der Waals surface area contributed by atoms with Crippen molar-refractivity contribution in [2.75, 3.05) is 6.54 Å². The van der Waals surface area contributed by atoms with Crippen LogP contribution in [0, 0.1) is 12.8 Å². The van der Waals surface area contributed by atoms with Crippen LogP contribution in [0.4, 0.5) is 0 Å². The summed E-state index contributed by atoms with van der Waals surface area (Å²) in [5, 5.41) is 4.41. The Morgan fingerprint density at radius 1 is 1.40 bits per heavy atom. The first-order valence-electron chi connectivity index (χ1n) is 5.71. The highest BCUT2D eigenvalue weighted by Gasteiger charge is 2.31. The molecule has 1 fully saturated rings. The summed E-state index contributed by atoms with van der Waals surface area (Å²) >= 11 is 6.09. The Morgan fingerprint density at radius 3 is 2.67 bits per heavy atom. The van der Waals surface area contributed by atoms with Crippen LogP contribution in [0.2, 0.25) is 5.02 Å². The fourth-order valence-corrected chi connectivity index (χ4v) is 2.45. The Bertz CT molecular complexity index is 324. The number of hydrogen-bond donors (Lipinski definition) is 1. The van der Waals surface area contributed by atoms with Gasteiger partial charge in [0.1, 0.15) is 0 Å². The van der Waals surface area contributed by atoms with E-state index in [4.69, 9.17) is 11.6 Å². The molecule has 1 unspecified atom stereocenters. The van der Waals surface area contributed by atoms with Crippen LogP contribution in [0.1, 0.15) is 36.9 Å². The summed E-state index contributed by atoms with van der Waals surface area (Å²) < 4.78 is 0. The normalized spacial score (nSPS) is 17.8. The first kappa shape index (κ1) is 11.0. The average molecular weight is 224 g/mol. The quantitative estimate of drug-likeness (QED) is 0.821. The minimum atomic E-state index is 0.507. The van der Waals surface area contributed by atoms with Gasteiger partial charge in [0.05, 0.1) is 0 Å². The van der Waals surface area contributed by atoms with Gasteiger partial charge in [0.25, 0.3) is 0 Å². The summed E-state index contributed by atoms with van der Waals surface area (Å²) in [5.74, 6) is 0.822. The molecule has 0 heterocycles. The lowest BCUT2D eigenvalue weighted by molar-refractivity contribution is 0.496. The minimum Gasteiger partial charge on any atom is -0.310 e. The van der Waals surface area contributed by atoms with Gasteiger partial charge in [-0.2, -0.15) is 0 Å². The van der Waals surface area contributed by atoms with E-state index in [0.717, 1.165) is 17.5 Å². The first-order chi connectivity index (χ1) is 7.20. The monoisotopic (exact) mass is 223 g/mol. The molecule has 1 aliphatic carbocycles. The second-order valence-corrected chi connectivity index (χ2v) is 4.87. The summed E-state index contributed by atoms with van der Waals surface area (Å²) in [6.45, 7) is 5.28. The van der Waals surface area contributed by atoms with Crippen molar-refractivity contribution in [2.24, 2.45) is 5.92 Å². The number of nitrogens with one attached hydrogen (secondary N) is 1. The molecule has 15 heavy (non-hydrogen) atoms. The van der Waals surface area contributed by atoms with Crippen molar-refractivity contribution in [1.29, 1.82) is 0 Å². The molecule has 2 heteroatoms. The zero-order valence-electron chi connectivity index (χ0n) is 9.39. The number of aryl methyl sites for hydroxylation is 1. The van der Waals surface area contributed by atoms with Crippen LogP contribution in [0.5, 0.6) is 0 Å². The largest absolute Gasteiger partial charge is 0.310 e. The Morgan fingerprint density at radius 2 is 2.13 bits per heavy atom. The van der Waals surface area contributed by atoms with E-state index in [2.05, 4.69) is 31.3 Å². The molecule has 0 aromatic heterocycles. The van der Waals surface area contributed by atoms with Gasteiger partial charge in [0.15, 0.2) is 0 Å². The van der Waals surface area contributed by atoms with Crippen molar-refractivity contribution >= 4 is 11.6 Å². The van der Waals surface area contributed by atoms with Crippen molar-refractivity contribution in [3.63, 3.8) is 0 Å². The molecule has 0 aliphatic heterocycles. The van der Waals surface area contributed by atoms with Gasteiger partial charge in [0.2, 0.25) is 0 Å². The zero-order valence-corrected chi connectivity index (χ0v) is 10.1. The van der Waals surface area contributed by atoms with E-state index in [9.17, 15) is 0 Å². The Kier molecular flexibility index (Phi) is 3.32. The van der Waals surface area contributed by atoms with Crippen molar-refractivity contribution in [3.05, 3.63) is 34.3 Å². The Labute approximate surface area is 96.8 Å². The van der Waals surface area contributed by atoms with Crippen LogP contribution >= 0.6 is 11.6 Å². The van der Waals surface area contributed by atoms with Crippen LogP contribution in [-0.4, -0.2) is 6.54 Å². The zero-order chi connectivity index (χ0) is 10.8. The van der Waals surface area contributed by atoms with Gasteiger partial charge in [-0.15, -0.1) is 0 Å². The van der Waals surface area contributed by atoms with Gasteiger partial charge in [-0.25, -0.2) is 0 Å². The summed E-state index contributed by atoms with van der Waals surface area (Å²) in [4.78, 5) is 0. The molecule has 82 valence electrons. The molecular weight excluding hydrogens is 206 g/mol. The van der Waals surface area contributed by atoms with Gasteiger partial charge >= 0.3 is 0 Å². The minimum absolute atomic E-state index is 0.507. The lowest BCUT2D eigenvalue weighted by Crippen LogP contribution is -2.22. The molecule has 0 bridgehead atoms. The van der Waals surface area contributed by atoms with Crippen molar-refractivity contribution < 1.29 is 0 Å². The van der Waals surface area contributed by atoms with Crippen LogP contribution in [0.15, 0.2) is 18.2 Å². The topological polar surface area (TPSA) is 12.0 Å². The molecule has 0 radical (unpaired) electrons. The summed E-state index contributed by atoms with van der Waals surface area (Å²) in [5.41, 5.74) is 2.60. The van der Waals surface area contributed by atoms with E-state index in [1.54, 1.807) is 0 Å². The Hall–Kier alpha value is -0.530. The highest BCUT2D eigenvalue weighted by atomic mass is 35.5. The molecular formula is C13H18ClN. The fourth-order valence-electron chi connectivity index (χ4n) is 2.15. The second-order valence-electron chi connectivity index (χ2n) is 4.43. The van der Waals surface area contributed by atoms with Gasteiger partial charge < -0.3 is 5.32 Å². The molecule has 1 aromatic carbocycles. The molecule has 1 N–H and O–H groups in total. The van der Waals surface area contributed by atoms with E-state index < -0.39 is 0 Å². The van der Waals surface area contributed by atoms with Crippen molar-refractivity contribution in [2.45, 2.75) is 32.7 Å². The second kappa shape index (κ2) is 4.54. The summed E-state index contributed by atoms with van der Waals surface area (Å²) in [6.07, 6.45) is 2.70. The first-order valence-corrected chi connectivity index (χ1v) is 6.09. The number of halogens is 1. The molecule has 1 aromatic rings. The maximum absolute atomic E-state index is 6.09. The molecule has 1 saturated carbocycles. The van der Waals surface area contributed by atoms with Crippen LogP contribution in [-0.2, 0) is 0 Å². The lowest BCUT2D eigenvalue weighted by Gasteiger charge is -2.18. The number of benzene rings is 1. The van der Waals surface area contributed by atoms with E-state index in [0.29, 0.717) is 6.04 Å². The third-order valence-corrected chi connectivity index (χ3v) is 3.16. The number of hydrogen-bond acceptors (Lipinski definition) is 1. The maximum atomic E-state index is 6.09. The molecule has 0 saturated heterocycles. The van der Waals surface area contributed by atoms with E-state index in [1.165, 1.54) is 24.0 Å². The van der Waals surface area contributed by atoms with E-state index in [1.807, 2.05) is 6.07 Å². The third kappa shape index (κ3) is 2.73. The maximum Gasteiger partial charge on any atom is 0.0411 e. The van der Waals surface area contributed by atoms with E-state index >= 15 is 0 Å². The highest BCUT2D eigenvalue weighted by Crippen LogP contribution is 2.41. The van der Waals surface area contributed by atoms with Crippen LogP contribution in [0.3, 0.4) is 0 Å². The van der Waals surface area contributed by atoms with Crippen LogP contribution in [0.25, 0.3) is 0 Å². The smallest absolute Gasteiger partial charge is 0.0411 e. The van der Waals surface area contributed by atoms with Crippen molar-refractivity contribution in [1.82, 2.24) is 5.32 Å². The molecule has 0 amide bonds. The SMILES string of the molecule is CCNC(c1cc(C)cc(Cl)c1)C1CC1. The average Bonchev–Trinajstić information content (AvgIpc) is 2.95. The standard InChI is InChI=1S/C13H18ClN/c1-3-15-13(10-4-5-10)11-6-9(2)7-12(14)8-11/h6-8,10,13,15H,3-5H2,1-2H3. The molecule has 2 rings (SSSR count). The predicted molar refractivity (Wildman–Crippen MR) is 65.3 cm³/mol. The van der Waals surface area contributed by atoms with Gasteiger partial charge in [0, 0.05) is 11.1 Å². The number of rotatable bonds is 4. The van der Waals surface area contributed by atoms with Gasteiger partial charge in [-0.1, -0.05) is 24.6 Å².